The Bertz CT molecular complexity index is 795. The fourth-order valence-electron chi connectivity index (χ4n) is 2.58. The van der Waals surface area contributed by atoms with Crippen LogP contribution < -0.4 is 10.2 Å². The zero-order valence-corrected chi connectivity index (χ0v) is 16.2. The second-order valence-electron chi connectivity index (χ2n) is 7.49. The molecule has 3 rings (SSSR count). The van der Waals surface area contributed by atoms with Crippen LogP contribution in [0.5, 0.6) is 0 Å². The van der Waals surface area contributed by atoms with Gasteiger partial charge in [0, 0.05) is 32.0 Å². The third-order valence-electron chi connectivity index (χ3n) is 4.05. The molecule has 0 saturated carbocycles. The van der Waals surface area contributed by atoms with Gasteiger partial charge in [0.15, 0.2) is 0 Å². The summed E-state index contributed by atoms with van der Waals surface area (Å²) in [7, 11) is 1.71. The van der Waals surface area contributed by atoms with E-state index in [-0.39, 0.29) is 6.10 Å². The van der Waals surface area contributed by atoms with Gasteiger partial charge in [-0.2, -0.15) is 4.98 Å². The molecule has 0 bridgehead atoms. The summed E-state index contributed by atoms with van der Waals surface area (Å²) in [4.78, 5) is 22.8. The summed E-state index contributed by atoms with van der Waals surface area (Å²) in [5, 5.41) is 6.70. The number of carbonyl (C=O) groups is 1. The van der Waals surface area contributed by atoms with Gasteiger partial charge in [-0.3, -0.25) is 0 Å². The number of rotatable bonds is 5. The number of alkyl carbamates (subject to hydrolysis) is 1. The average Bonchev–Trinajstić information content (AvgIpc) is 3.02. The molecule has 0 radical (unpaired) electrons. The summed E-state index contributed by atoms with van der Waals surface area (Å²) >= 11 is 0. The monoisotopic (exact) mass is 375 g/mol. The molecular formula is C18H25N5O4. The van der Waals surface area contributed by atoms with E-state index in [1.165, 1.54) is 0 Å². The first-order valence-corrected chi connectivity index (χ1v) is 8.82. The molecule has 0 aromatic carbocycles. The molecule has 1 aliphatic rings. The molecule has 1 fully saturated rings. The van der Waals surface area contributed by atoms with Crippen LogP contribution in [0, 0.1) is 0 Å². The van der Waals surface area contributed by atoms with Crippen LogP contribution in [0.2, 0.25) is 0 Å². The molecule has 27 heavy (non-hydrogen) atoms. The number of nitrogens with zero attached hydrogens (tertiary/aromatic N) is 4. The molecule has 2 aromatic heterocycles. The summed E-state index contributed by atoms with van der Waals surface area (Å²) in [5.41, 5.74) is 0.218. The summed E-state index contributed by atoms with van der Waals surface area (Å²) in [6, 6.07) is 3.25. The maximum atomic E-state index is 11.9. The van der Waals surface area contributed by atoms with Gasteiger partial charge in [0.05, 0.1) is 6.10 Å². The zero-order chi connectivity index (χ0) is 19.6. The van der Waals surface area contributed by atoms with Crippen molar-refractivity contribution in [2.24, 2.45) is 0 Å². The number of methoxy groups -OCH3 is 1. The van der Waals surface area contributed by atoms with Crippen molar-refractivity contribution < 1.29 is 18.8 Å². The lowest BCUT2D eigenvalue weighted by atomic mass is 10.1. The van der Waals surface area contributed by atoms with E-state index in [1.807, 2.05) is 12.1 Å². The number of aromatic nitrogens is 3. The molecule has 0 unspecified atom stereocenters. The van der Waals surface area contributed by atoms with Crippen molar-refractivity contribution in [3.63, 3.8) is 0 Å². The molecule has 146 valence electrons. The number of anilines is 1. The molecule has 1 N–H and O–H groups in total. The highest BCUT2D eigenvalue weighted by Gasteiger charge is 2.28. The Balaban J connectivity index is 1.66. The van der Waals surface area contributed by atoms with Crippen molar-refractivity contribution in [3.05, 3.63) is 24.2 Å². The molecule has 9 heteroatoms. The van der Waals surface area contributed by atoms with E-state index in [4.69, 9.17) is 14.0 Å². The number of hydrogen-bond acceptors (Lipinski definition) is 8. The molecule has 1 atom stereocenters. The third-order valence-corrected chi connectivity index (χ3v) is 4.05. The number of hydrogen-bond donors (Lipinski definition) is 1. The van der Waals surface area contributed by atoms with Gasteiger partial charge in [-0.1, -0.05) is 5.16 Å². The second kappa shape index (κ2) is 7.51. The van der Waals surface area contributed by atoms with E-state index in [9.17, 15) is 4.79 Å². The van der Waals surface area contributed by atoms with Crippen molar-refractivity contribution in [1.82, 2.24) is 20.4 Å². The first-order chi connectivity index (χ1) is 12.7. The Hall–Kier alpha value is -2.68. The molecular weight excluding hydrogens is 350 g/mol. The largest absolute Gasteiger partial charge is 0.444 e. The maximum absolute atomic E-state index is 11.9. The number of nitrogens with one attached hydrogen (secondary N) is 1. The number of carbonyl (C=O) groups excluding carboxylic acids is 1. The smallest absolute Gasteiger partial charge is 0.408 e. The fraction of sp³-hybridized carbons (Fsp3) is 0.556. The van der Waals surface area contributed by atoms with Crippen LogP contribution in [-0.4, -0.2) is 53.1 Å². The van der Waals surface area contributed by atoms with Crippen LogP contribution in [0.15, 0.2) is 22.9 Å². The van der Waals surface area contributed by atoms with Gasteiger partial charge < -0.3 is 24.2 Å². The van der Waals surface area contributed by atoms with Crippen molar-refractivity contribution in [2.75, 3.05) is 25.1 Å². The summed E-state index contributed by atoms with van der Waals surface area (Å²) in [6.07, 6.45) is 1.42. The Morgan fingerprint density at radius 3 is 2.81 bits per heavy atom. The lowest BCUT2D eigenvalue weighted by Crippen LogP contribution is -2.52. The summed E-state index contributed by atoms with van der Waals surface area (Å²) in [6.45, 7) is 8.77. The van der Waals surface area contributed by atoms with E-state index in [2.05, 4.69) is 25.3 Å². The minimum absolute atomic E-state index is 0.243. The molecule has 3 heterocycles. The lowest BCUT2D eigenvalue weighted by Gasteiger charge is -2.39. The van der Waals surface area contributed by atoms with Gasteiger partial charge in [0.1, 0.15) is 17.5 Å². The van der Waals surface area contributed by atoms with Gasteiger partial charge in [0.2, 0.25) is 11.7 Å². The predicted molar refractivity (Wildman–Crippen MR) is 98.3 cm³/mol. The van der Waals surface area contributed by atoms with Crippen molar-refractivity contribution in [3.8, 4) is 11.4 Å². The highest BCUT2D eigenvalue weighted by atomic mass is 16.6. The first kappa shape index (κ1) is 19.1. The summed E-state index contributed by atoms with van der Waals surface area (Å²) < 4.78 is 15.8. The quantitative estimate of drug-likeness (QED) is 0.850. The Morgan fingerprint density at radius 2 is 2.15 bits per heavy atom. The van der Waals surface area contributed by atoms with Crippen LogP contribution in [0.1, 0.15) is 39.6 Å². The fourth-order valence-corrected chi connectivity index (χ4v) is 2.58. The van der Waals surface area contributed by atoms with E-state index >= 15 is 0 Å². The molecule has 9 nitrogen and oxygen atoms in total. The molecule has 0 aliphatic carbocycles. The van der Waals surface area contributed by atoms with Crippen LogP contribution in [0.4, 0.5) is 10.6 Å². The maximum Gasteiger partial charge on any atom is 0.408 e. The highest BCUT2D eigenvalue weighted by Crippen LogP contribution is 2.25. The normalized spacial score (nSPS) is 16.0. The van der Waals surface area contributed by atoms with E-state index in [0.717, 1.165) is 24.5 Å². The van der Waals surface area contributed by atoms with Gasteiger partial charge in [-0.05, 0) is 39.8 Å². The predicted octanol–water partition coefficient (Wildman–Crippen LogP) is 2.55. The number of amides is 1. The van der Waals surface area contributed by atoms with Gasteiger partial charge in [-0.15, -0.1) is 0 Å². The molecule has 1 saturated heterocycles. The van der Waals surface area contributed by atoms with E-state index in [1.54, 1.807) is 41.0 Å². The highest BCUT2D eigenvalue weighted by molar-refractivity contribution is 5.68. The number of ether oxygens (including phenoxy) is 2. The third kappa shape index (κ3) is 4.73. The Morgan fingerprint density at radius 1 is 1.41 bits per heavy atom. The zero-order valence-electron chi connectivity index (χ0n) is 16.2. The van der Waals surface area contributed by atoms with E-state index in [0.29, 0.717) is 11.7 Å². The second-order valence-corrected chi connectivity index (χ2v) is 7.49. The van der Waals surface area contributed by atoms with Gasteiger partial charge in [0.25, 0.3) is 0 Å². The minimum atomic E-state index is -0.573. The van der Waals surface area contributed by atoms with Gasteiger partial charge in [-0.25, -0.2) is 9.78 Å². The average molecular weight is 375 g/mol. The SMILES string of the molecule is COC1CN(c2cc(-c3noc([C@H](C)NC(=O)OC(C)(C)C)n3)ccn2)C1. The van der Waals surface area contributed by atoms with Crippen LogP contribution in [-0.2, 0) is 9.47 Å². The molecule has 1 aliphatic heterocycles. The molecule has 2 aromatic rings. The van der Waals surface area contributed by atoms with Crippen molar-refractivity contribution in [1.29, 1.82) is 0 Å². The lowest BCUT2D eigenvalue weighted by molar-refractivity contribution is 0.0499. The van der Waals surface area contributed by atoms with Gasteiger partial charge >= 0.3 is 6.09 Å². The molecule has 1 amide bonds. The topological polar surface area (TPSA) is 103 Å². The Kier molecular flexibility index (Phi) is 5.31. The standard InChI is InChI=1S/C18H25N5O4/c1-11(20-17(24)26-18(2,3)4)16-21-15(22-27-16)12-6-7-19-14(8-12)23-9-13(10-23)25-5/h6-8,11,13H,9-10H2,1-5H3,(H,20,24)/t11-/m0/s1. The molecule has 0 spiro atoms. The summed E-state index contributed by atoms with van der Waals surface area (Å²) in [5.74, 6) is 1.58. The Labute approximate surface area is 158 Å². The van der Waals surface area contributed by atoms with Crippen LogP contribution in [0.3, 0.4) is 0 Å². The van der Waals surface area contributed by atoms with Crippen molar-refractivity contribution in [2.45, 2.75) is 45.4 Å². The van der Waals surface area contributed by atoms with Crippen LogP contribution in [0.25, 0.3) is 11.4 Å². The van der Waals surface area contributed by atoms with Crippen molar-refractivity contribution >= 4 is 11.9 Å². The number of pyridine rings is 1. The van der Waals surface area contributed by atoms with Crippen LogP contribution >= 0.6 is 0 Å². The minimum Gasteiger partial charge on any atom is -0.444 e. The first-order valence-electron chi connectivity index (χ1n) is 8.82. The van der Waals surface area contributed by atoms with E-state index < -0.39 is 17.7 Å².